The summed E-state index contributed by atoms with van der Waals surface area (Å²) < 4.78 is 5.74. The van der Waals surface area contributed by atoms with Crippen molar-refractivity contribution in [1.29, 1.82) is 0 Å². The first kappa shape index (κ1) is 26.7. The van der Waals surface area contributed by atoms with Crippen LogP contribution in [-0.2, 0) is 0 Å². The van der Waals surface area contributed by atoms with Crippen molar-refractivity contribution in [2.75, 3.05) is 30.4 Å². The lowest BCUT2D eigenvalue weighted by Crippen LogP contribution is -2.55. The Morgan fingerprint density at radius 3 is 2.30 bits per heavy atom. The Hall–Kier alpha value is -3.35. The molecule has 1 aliphatic heterocycles. The lowest BCUT2D eigenvalue weighted by Gasteiger charge is -2.43. The Kier molecular flexibility index (Phi) is 7.62. The number of anilines is 2. The smallest absolute Gasteiger partial charge is 0.259 e. The van der Waals surface area contributed by atoms with Crippen LogP contribution < -0.4 is 10.2 Å². The molecule has 2 aromatic carbocycles. The zero-order valence-corrected chi connectivity index (χ0v) is 23.1. The number of benzene rings is 2. The molecule has 2 atom stereocenters. The van der Waals surface area contributed by atoms with Crippen LogP contribution in [0.15, 0.2) is 59.2 Å². The average molecular weight is 519 g/mol. The Morgan fingerprint density at radius 2 is 1.65 bits per heavy atom. The number of nitrogens with zero attached hydrogens (tertiary/aromatic N) is 3. The minimum Gasteiger partial charge on any atom is -0.463 e. The van der Waals surface area contributed by atoms with Crippen molar-refractivity contribution >= 4 is 40.7 Å². The van der Waals surface area contributed by atoms with Crippen LogP contribution in [0.2, 0.25) is 0 Å². The van der Waals surface area contributed by atoms with E-state index < -0.39 is 0 Å². The fraction of sp³-hybridized carbons (Fsp3) is 0.333. The van der Waals surface area contributed by atoms with E-state index in [1.54, 1.807) is 6.26 Å². The highest BCUT2D eigenvalue weighted by atomic mass is 35.5. The summed E-state index contributed by atoms with van der Waals surface area (Å²) in [7, 11) is 2.18. The van der Waals surface area contributed by atoms with Crippen molar-refractivity contribution < 1.29 is 9.21 Å². The summed E-state index contributed by atoms with van der Waals surface area (Å²) in [6.45, 7) is 12.5. The topological polar surface area (TPSA) is 61.6 Å². The summed E-state index contributed by atoms with van der Waals surface area (Å²) in [5.41, 5.74) is 8.49. The number of furan rings is 1. The molecule has 0 aliphatic carbocycles. The number of carbonyl (C=O) groups is 1. The van der Waals surface area contributed by atoms with E-state index in [9.17, 15) is 4.79 Å². The summed E-state index contributed by atoms with van der Waals surface area (Å²) in [6, 6.07) is 17.3. The first-order chi connectivity index (χ1) is 17.2. The molecule has 37 heavy (non-hydrogen) atoms. The zero-order valence-electron chi connectivity index (χ0n) is 22.3. The molecule has 0 spiro atoms. The predicted molar refractivity (Wildman–Crippen MR) is 154 cm³/mol. The van der Waals surface area contributed by atoms with Crippen LogP contribution in [0.4, 0.5) is 11.4 Å². The highest BCUT2D eigenvalue weighted by Crippen LogP contribution is 2.31. The third-order valence-corrected chi connectivity index (χ3v) is 7.40. The van der Waals surface area contributed by atoms with E-state index in [4.69, 9.17) is 4.42 Å². The number of hydrogen-bond acceptors (Lipinski definition) is 5. The third-order valence-electron chi connectivity index (χ3n) is 7.40. The van der Waals surface area contributed by atoms with Gasteiger partial charge in [0.2, 0.25) is 0 Å². The fourth-order valence-electron chi connectivity index (χ4n) is 5.26. The number of nitrogens with one attached hydrogen (secondary N) is 1. The van der Waals surface area contributed by atoms with Crippen LogP contribution in [0.1, 0.15) is 41.2 Å². The second kappa shape index (κ2) is 10.6. The molecule has 6 nitrogen and oxygen atoms in total. The maximum absolute atomic E-state index is 13.3. The highest BCUT2D eigenvalue weighted by molar-refractivity contribution is 6.12. The molecule has 0 saturated carbocycles. The highest BCUT2D eigenvalue weighted by Gasteiger charge is 2.27. The predicted octanol–water partition coefficient (Wildman–Crippen LogP) is 6.62. The molecule has 0 bridgehead atoms. The normalized spacial score (nSPS) is 18.1. The maximum atomic E-state index is 13.3. The Morgan fingerprint density at radius 1 is 0.973 bits per heavy atom. The van der Waals surface area contributed by atoms with Crippen LogP contribution in [0.3, 0.4) is 0 Å². The van der Waals surface area contributed by atoms with E-state index in [-0.39, 0.29) is 18.3 Å². The van der Waals surface area contributed by atoms with Gasteiger partial charge < -0.3 is 14.6 Å². The third kappa shape index (κ3) is 5.36. The molecule has 1 fully saturated rings. The van der Waals surface area contributed by atoms with Gasteiger partial charge in [-0.3, -0.25) is 14.7 Å². The van der Waals surface area contributed by atoms with Gasteiger partial charge in [-0.25, -0.2) is 0 Å². The van der Waals surface area contributed by atoms with Gasteiger partial charge >= 0.3 is 0 Å². The van der Waals surface area contributed by atoms with Gasteiger partial charge in [-0.1, -0.05) is 6.07 Å². The maximum Gasteiger partial charge on any atom is 0.259 e. The van der Waals surface area contributed by atoms with Gasteiger partial charge in [-0.2, -0.15) is 0 Å². The van der Waals surface area contributed by atoms with Crippen LogP contribution in [0.25, 0.3) is 22.1 Å². The summed E-state index contributed by atoms with van der Waals surface area (Å²) in [5, 5.41) is 3.90. The van der Waals surface area contributed by atoms with Crippen molar-refractivity contribution in [1.82, 2.24) is 9.88 Å². The Balaban J connectivity index is 0.00000320. The molecule has 1 saturated heterocycles. The molecule has 3 heterocycles. The van der Waals surface area contributed by atoms with Crippen molar-refractivity contribution in [2.45, 2.75) is 46.7 Å². The van der Waals surface area contributed by atoms with E-state index in [0.717, 1.165) is 57.9 Å². The number of amides is 1. The second-order valence-electron chi connectivity index (χ2n) is 10.2. The molecule has 4 aromatic rings. The van der Waals surface area contributed by atoms with E-state index in [1.165, 1.54) is 0 Å². The molecule has 1 aliphatic rings. The quantitative estimate of drug-likeness (QED) is 0.329. The SMILES string of the molecule is Cc1cc(-c2ccc(NC(=O)c3coc4ccc(N5C[C@@H](C)N(C)[C@@H](C)C5)cc34)cc2C)cc(C)n1.Cl. The molecular weight excluding hydrogens is 484 g/mol. The number of hydrogen-bond donors (Lipinski definition) is 1. The molecule has 1 N–H and O–H groups in total. The first-order valence-corrected chi connectivity index (χ1v) is 12.6. The molecule has 5 rings (SSSR count). The van der Waals surface area contributed by atoms with Crippen molar-refractivity contribution in [3.05, 3.63) is 77.3 Å². The van der Waals surface area contributed by atoms with Crippen LogP contribution in [0, 0.1) is 20.8 Å². The van der Waals surface area contributed by atoms with Gasteiger partial charge in [0.25, 0.3) is 5.91 Å². The first-order valence-electron chi connectivity index (χ1n) is 12.6. The summed E-state index contributed by atoms with van der Waals surface area (Å²) in [6.07, 6.45) is 1.56. The van der Waals surface area contributed by atoms with Crippen LogP contribution in [0.5, 0.6) is 0 Å². The molecule has 2 aromatic heterocycles. The Bertz CT molecular complexity index is 1410. The van der Waals surface area contributed by atoms with Gasteiger partial charge in [-0.05, 0) is 101 Å². The summed E-state index contributed by atoms with van der Waals surface area (Å²) in [4.78, 5) is 22.6. The standard InChI is InChI=1S/C30H34N4O2.ClH/c1-18-11-24(7-9-26(18)23-12-19(2)31-20(3)13-23)32-30(35)28-17-36-29-10-8-25(14-27(28)29)34-15-21(4)33(6)22(5)16-34;/h7-14,17,21-22H,15-16H2,1-6H3,(H,32,35);1H/t21-,22+;. The van der Waals surface area contributed by atoms with Crippen molar-refractivity contribution in [3.8, 4) is 11.1 Å². The number of carbonyl (C=O) groups excluding carboxylic acids is 1. The Labute approximate surface area is 225 Å². The van der Waals surface area contributed by atoms with E-state index in [0.29, 0.717) is 23.2 Å². The number of fused-ring (bicyclic) bond motifs is 1. The average Bonchev–Trinajstić information content (AvgIpc) is 3.25. The number of likely N-dealkylation sites (N-methyl/N-ethyl adjacent to an activating group) is 1. The second-order valence-corrected chi connectivity index (χ2v) is 10.2. The lowest BCUT2D eigenvalue weighted by molar-refractivity contribution is 0.102. The zero-order chi connectivity index (χ0) is 25.6. The van der Waals surface area contributed by atoms with Crippen LogP contribution in [-0.4, -0.2) is 48.0 Å². The van der Waals surface area contributed by atoms with Gasteiger partial charge in [0.05, 0.1) is 5.56 Å². The summed E-state index contributed by atoms with van der Waals surface area (Å²) >= 11 is 0. The molecule has 7 heteroatoms. The number of pyridine rings is 1. The lowest BCUT2D eigenvalue weighted by atomic mass is 9.99. The fourth-order valence-corrected chi connectivity index (χ4v) is 5.26. The monoisotopic (exact) mass is 518 g/mol. The van der Waals surface area contributed by atoms with Gasteiger partial charge in [-0.15, -0.1) is 12.4 Å². The van der Waals surface area contributed by atoms with E-state index in [1.807, 2.05) is 32.0 Å². The molecule has 1 amide bonds. The number of halogens is 1. The van der Waals surface area contributed by atoms with Crippen molar-refractivity contribution in [3.63, 3.8) is 0 Å². The molecular formula is C30H35ClN4O2. The minimum absolute atomic E-state index is 0. The van der Waals surface area contributed by atoms with Crippen LogP contribution >= 0.6 is 12.4 Å². The number of rotatable bonds is 4. The minimum atomic E-state index is -0.172. The molecule has 0 unspecified atom stereocenters. The summed E-state index contributed by atoms with van der Waals surface area (Å²) in [5.74, 6) is -0.172. The molecule has 194 valence electrons. The molecule has 0 radical (unpaired) electrons. The largest absolute Gasteiger partial charge is 0.463 e. The van der Waals surface area contributed by atoms with Gasteiger partial charge in [0.15, 0.2) is 0 Å². The number of piperazine rings is 1. The number of aryl methyl sites for hydroxylation is 3. The van der Waals surface area contributed by atoms with E-state index >= 15 is 0 Å². The van der Waals surface area contributed by atoms with Gasteiger partial charge in [0, 0.05) is 53.3 Å². The van der Waals surface area contributed by atoms with E-state index in [2.05, 4.69) is 78.3 Å². The van der Waals surface area contributed by atoms with Crippen molar-refractivity contribution in [2.24, 2.45) is 0 Å². The van der Waals surface area contributed by atoms with Gasteiger partial charge in [0.1, 0.15) is 11.8 Å². The number of aromatic nitrogens is 1.